The number of amides is 1. The molecule has 0 aromatic heterocycles. The summed E-state index contributed by atoms with van der Waals surface area (Å²) in [5.74, 6) is 2.50. The maximum atomic E-state index is 12.9. The number of aliphatic hydroxyl groups is 2. The SMILES string of the molecule is COC(CC(=O)CO)C[C@@H](C)[C@H]1C[C@H](O)[C@@]2(C)C3CCC4C(C)(C)[C@@H](O[C@H]5CN(C(=O)CC6CC6)CCO5)CC[C@@]45CC35CC[C@]12C. The van der Waals surface area contributed by atoms with Crippen LogP contribution in [-0.2, 0) is 23.8 Å². The van der Waals surface area contributed by atoms with Crippen molar-refractivity contribution in [2.45, 2.75) is 143 Å². The van der Waals surface area contributed by atoms with E-state index in [4.69, 9.17) is 14.2 Å². The molecule has 8 heteroatoms. The Morgan fingerprint density at radius 2 is 1.72 bits per heavy atom. The molecule has 266 valence electrons. The Bertz CT molecular complexity index is 1220. The number of ether oxygens (including phenoxy) is 3. The summed E-state index contributed by atoms with van der Waals surface area (Å²) >= 11 is 0. The zero-order chi connectivity index (χ0) is 33.6. The Balaban J connectivity index is 1.05. The lowest BCUT2D eigenvalue weighted by atomic mass is 9.41. The Hall–Kier alpha value is -1.06. The van der Waals surface area contributed by atoms with Crippen LogP contribution in [0.1, 0.15) is 118 Å². The standard InChI is InChI=1S/C39H63NO7/c1-24(17-27(45-6)19-26(42)22-41)28-20-31(43)37(5)30-10-9-29-35(2,3)32(11-12-38(29)23-39(30,38)14-13-36(28,37)4)47-34-21-40(15-16-46-34)33(44)18-25-7-8-25/h24-25,27-32,34,41,43H,7-23H2,1-6H3/t24-,27?,28-,29?,30?,31+,32+,34+,36-,37-,38-,39?/m1/s1. The maximum absolute atomic E-state index is 12.9. The molecule has 6 aliphatic carbocycles. The molecule has 47 heavy (non-hydrogen) atoms. The van der Waals surface area contributed by atoms with E-state index in [1.54, 1.807) is 7.11 Å². The first-order chi connectivity index (χ1) is 22.3. The van der Waals surface area contributed by atoms with Gasteiger partial charge in [0.25, 0.3) is 0 Å². The summed E-state index contributed by atoms with van der Waals surface area (Å²) in [6, 6.07) is 0. The van der Waals surface area contributed by atoms with Gasteiger partial charge in [-0.25, -0.2) is 0 Å². The summed E-state index contributed by atoms with van der Waals surface area (Å²) in [4.78, 5) is 26.9. The molecule has 0 aromatic carbocycles. The third-order valence-electron chi connectivity index (χ3n) is 16.3. The minimum absolute atomic E-state index is 0.0184. The number of hydrogen-bond donors (Lipinski definition) is 2. The van der Waals surface area contributed by atoms with Gasteiger partial charge in [0.1, 0.15) is 6.61 Å². The predicted molar refractivity (Wildman–Crippen MR) is 178 cm³/mol. The van der Waals surface area contributed by atoms with Gasteiger partial charge in [0.2, 0.25) is 5.91 Å². The van der Waals surface area contributed by atoms with Crippen molar-refractivity contribution in [3.63, 3.8) is 0 Å². The van der Waals surface area contributed by atoms with Crippen LogP contribution in [0.15, 0.2) is 0 Å². The van der Waals surface area contributed by atoms with Crippen molar-refractivity contribution in [1.29, 1.82) is 0 Å². The van der Waals surface area contributed by atoms with Crippen LogP contribution in [0.4, 0.5) is 0 Å². The van der Waals surface area contributed by atoms with Gasteiger partial charge < -0.3 is 29.3 Å². The molecule has 1 amide bonds. The van der Waals surface area contributed by atoms with Gasteiger partial charge >= 0.3 is 0 Å². The fourth-order valence-corrected chi connectivity index (χ4v) is 13.5. The quantitative estimate of drug-likeness (QED) is 0.291. The van der Waals surface area contributed by atoms with Crippen molar-refractivity contribution in [3.05, 3.63) is 0 Å². The molecule has 1 heterocycles. The first kappa shape index (κ1) is 34.4. The molecular weight excluding hydrogens is 594 g/mol. The van der Waals surface area contributed by atoms with E-state index >= 15 is 0 Å². The number of morpholine rings is 1. The van der Waals surface area contributed by atoms with E-state index in [0.717, 1.165) is 25.7 Å². The number of ketones is 1. The van der Waals surface area contributed by atoms with E-state index in [-0.39, 0.29) is 59.0 Å². The molecule has 1 aliphatic heterocycles. The Morgan fingerprint density at radius 3 is 2.43 bits per heavy atom. The topological polar surface area (TPSA) is 106 Å². The minimum atomic E-state index is -0.434. The highest BCUT2D eigenvalue weighted by molar-refractivity contribution is 5.79. The van der Waals surface area contributed by atoms with Crippen LogP contribution in [0.3, 0.4) is 0 Å². The second kappa shape index (κ2) is 12.0. The van der Waals surface area contributed by atoms with Crippen molar-refractivity contribution in [2.75, 3.05) is 33.4 Å². The van der Waals surface area contributed by atoms with Crippen LogP contribution in [0.5, 0.6) is 0 Å². The van der Waals surface area contributed by atoms with Crippen LogP contribution in [0.2, 0.25) is 0 Å². The number of methoxy groups -OCH3 is 1. The van der Waals surface area contributed by atoms with Crippen molar-refractivity contribution in [2.24, 2.45) is 56.7 Å². The number of nitrogens with zero attached hydrogens (tertiary/aromatic N) is 1. The number of aliphatic hydroxyl groups excluding tert-OH is 2. The van der Waals surface area contributed by atoms with Gasteiger partial charge in [0, 0.05) is 31.9 Å². The summed E-state index contributed by atoms with van der Waals surface area (Å²) in [5.41, 5.74) is 0.561. The summed E-state index contributed by atoms with van der Waals surface area (Å²) in [6.45, 7) is 13.5. The normalized spacial score (nSPS) is 46.4. The van der Waals surface area contributed by atoms with Gasteiger partial charge in [-0.05, 0) is 122 Å². The fraction of sp³-hybridized carbons (Fsp3) is 0.949. The van der Waals surface area contributed by atoms with Crippen LogP contribution < -0.4 is 0 Å². The fourth-order valence-electron chi connectivity index (χ4n) is 13.5. The molecule has 7 aliphatic rings. The van der Waals surface area contributed by atoms with Crippen molar-refractivity contribution in [1.82, 2.24) is 4.90 Å². The molecule has 0 aromatic rings. The van der Waals surface area contributed by atoms with Crippen molar-refractivity contribution < 1.29 is 34.0 Å². The smallest absolute Gasteiger partial charge is 0.223 e. The number of carbonyl (C=O) groups is 2. The van der Waals surface area contributed by atoms with Crippen LogP contribution in [-0.4, -0.2) is 84.8 Å². The van der Waals surface area contributed by atoms with Crippen LogP contribution in [0, 0.1) is 56.7 Å². The zero-order valence-electron chi connectivity index (χ0n) is 30.1. The molecule has 7 fully saturated rings. The molecule has 8 nitrogen and oxygen atoms in total. The van der Waals surface area contributed by atoms with E-state index in [0.29, 0.717) is 66.5 Å². The van der Waals surface area contributed by atoms with E-state index < -0.39 is 6.61 Å². The van der Waals surface area contributed by atoms with E-state index in [1.165, 1.54) is 44.9 Å². The highest BCUT2D eigenvalue weighted by atomic mass is 16.7. The van der Waals surface area contributed by atoms with Crippen LogP contribution >= 0.6 is 0 Å². The molecule has 4 unspecified atom stereocenters. The average Bonchev–Trinajstić information content (AvgIpc) is 3.96. The number of hydrogen-bond acceptors (Lipinski definition) is 7. The summed E-state index contributed by atoms with van der Waals surface area (Å²) in [5, 5.41) is 21.4. The highest BCUT2D eigenvalue weighted by Crippen LogP contribution is 2.89. The number of fused-ring (bicyclic) bond motifs is 2. The predicted octanol–water partition coefficient (Wildman–Crippen LogP) is 5.76. The summed E-state index contributed by atoms with van der Waals surface area (Å²) < 4.78 is 18.7. The van der Waals surface area contributed by atoms with E-state index in [9.17, 15) is 19.8 Å². The molecule has 0 bridgehead atoms. The van der Waals surface area contributed by atoms with Crippen molar-refractivity contribution in [3.8, 4) is 0 Å². The molecular formula is C39H63NO7. The summed E-state index contributed by atoms with van der Waals surface area (Å²) in [7, 11) is 1.67. The maximum Gasteiger partial charge on any atom is 0.223 e. The molecule has 1 saturated heterocycles. The largest absolute Gasteiger partial charge is 0.393 e. The molecule has 6 saturated carbocycles. The van der Waals surface area contributed by atoms with Gasteiger partial charge in [-0.2, -0.15) is 0 Å². The van der Waals surface area contributed by atoms with Crippen LogP contribution in [0.25, 0.3) is 0 Å². The molecule has 0 radical (unpaired) electrons. The van der Waals surface area contributed by atoms with E-state index in [1.807, 2.05) is 4.90 Å². The lowest BCUT2D eigenvalue weighted by Gasteiger charge is -2.64. The first-order valence-electron chi connectivity index (χ1n) is 19.1. The van der Waals surface area contributed by atoms with Gasteiger partial charge in [0.05, 0.1) is 31.5 Å². The first-order valence-corrected chi connectivity index (χ1v) is 19.1. The lowest BCUT2D eigenvalue weighted by molar-refractivity contribution is -0.248. The second-order valence-corrected chi connectivity index (χ2v) is 18.5. The second-order valence-electron chi connectivity index (χ2n) is 18.5. The number of Topliss-reactive ketones (excluding diaryl/α,β-unsaturated/α-hetero) is 1. The minimum Gasteiger partial charge on any atom is -0.393 e. The Kier molecular flexibility index (Phi) is 8.80. The molecule has 2 spiro atoms. The van der Waals surface area contributed by atoms with Gasteiger partial charge in [-0.15, -0.1) is 0 Å². The van der Waals surface area contributed by atoms with Gasteiger partial charge in [-0.3, -0.25) is 9.59 Å². The van der Waals surface area contributed by atoms with Crippen molar-refractivity contribution >= 4 is 11.7 Å². The van der Waals surface area contributed by atoms with Gasteiger partial charge in [-0.1, -0.05) is 34.6 Å². The molecule has 2 N–H and O–H groups in total. The monoisotopic (exact) mass is 657 g/mol. The van der Waals surface area contributed by atoms with E-state index in [2.05, 4.69) is 34.6 Å². The highest BCUT2D eigenvalue weighted by Gasteiger charge is 2.83. The van der Waals surface area contributed by atoms with Gasteiger partial charge in [0.15, 0.2) is 12.1 Å². The Morgan fingerprint density at radius 1 is 1.00 bits per heavy atom. The molecule has 12 atom stereocenters. The third-order valence-corrected chi connectivity index (χ3v) is 16.3. The third kappa shape index (κ3) is 5.22. The average molecular weight is 658 g/mol. The number of carbonyl (C=O) groups excluding carboxylic acids is 2. The number of rotatable bonds is 11. The lowest BCUT2D eigenvalue weighted by Crippen LogP contribution is -2.60. The summed E-state index contributed by atoms with van der Waals surface area (Å²) in [6.07, 6.45) is 12.5. The molecule has 7 rings (SSSR count). The zero-order valence-corrected chi connectivity index (χ0v) is 30.1. The Labute approximate surface area is 283 Å².